The van der Waals surface area contributed by atoms with Gasteiger partial charge in [0.2, 0.25) is 5.91 Å². The van der Waals surface area contributed by atoms with E-state index in [0.29, 0.717) is 13.0 Å². The van der Waals surface area contributed by atoms with Gasteiger partial charge in [-0.3, -0.25) is 14.8 Å². The van der Waals surface area contributed by atoms with Crippen molar-refractivity contribution in [2.45, 2.75) is 6.42 Å². The minimum atomic E-state index is -0.0298. The highest BCUT2D eigenvalue weighted by atomic mass is 79.9. The molecule has 116 valence electrons. The number of para-hydroxylation sites is 1. The van der Waals surface area contributed by atoms with Crippen LogP contribution in [0.25, 0.3) is 11.0 Å². The van der Waals surface area contributed by atoms with Gasteiger partial charge >= 0.3 is 0 Å². The third kappa shape index (κ3) is 4.04. The van der Waals surface area contributed by atoms with Gasteiger partial charge in [-0.05, 0) is 40.2 Å². The predicted octanol–water partition coefficient (Wildman–Crippen LogP) is 3.83. The molecule has 5 nitrogen and oxygen atoms in total. The highest BCUT2D eigenvalue weighted by Gasteiger charge is 2.05. The summed E-state index contributed by atoms with van der Waals surface area (Å²) in [6.45, 7) is 0.523. The first-order chi connectivity index (χ1) is 11.2. The van der Waals surface area contributed by atoms with Crippen LogP contribution in [0.15, 0.2) is 59.3 Å². The van der Waals surface area contributed by atoms with Crippen LogP contribution in [-0.4, -0.2) is 22.4 Å². The van der Waals surface area contributed by atoms with E-state index >= 15 is 0 Å². The minimum absolute atomic E-state index is 0.0298. The van der Waals surface area contributed by atoms with Gasteiger partial charge in [-0.15, -0.1) is 0 Å². The van der Waals surface area contributed by atoms with Gasteiger partial charge < -0.3 is 10.6 Å². The molecule has 3 aromatic rings. The van der Waals surface area contributed by atoms with Crippen molar-refractivity contribution in [1.82, 2.24) is 9.97 Å². The van der Waals surface area contributed by atoms with Crippen LogP contribution < -0.4 is 10.6 Å². The number of amides is 1. The molecule has 0 aliphatic rings. The molecule has 0 aliphatic heterocycles. The second-order valence-electron chi connectivity index (χ2n) is 4.97. The molecule has 0 unspecified atom stereocenters. The first kappa shape index (κ1) is 15.4. The van der Waals surface area contributed by atoms with Gasteiger partial charge in [0.25, 0.3) is 0 Å². The Hall–Kier alpha value is -2.47. The molecule has 6 heteroatoms. The maximum atomic E-state index is 11.9. The van der Waals surface area contributed by atoms with Crippen LogP contribution in [-0.2, 0) is 4.79 Å². The van der Waals surface area contributed by atoms with Crippen molar-refractivity contribution in [3.05, 3.63) is 59.3 Å². The van der Waals surface area contributed by atoms with Crippen molar-refractivity contribution in [3.63, 3.8) is 0 Å². The van der Waals surface area contributed by atoms with Crippen molar-refractivity contribution >= 4 is 44.2 Å². The Morgan fingerprint density at radius 2 is 1.96 bits per heavy atom. The second-order valence-corrected chi connectivity index (χ2v) is 5.89. The molecule has 3 rings (SSSR count). The van der Waals surface area contributed by atoms with Crippen LogP contribution in [0.3, 0.4) is 0 Å². The number of aromatic nitrogens is 2. The second kappa shape index (κ2) is 7.19. The van der Waals surface area contributed by atoms with Crippen LogP contribution in [0.5, 0.6) is 0 Å². The van der Waals surface area contributed by atoms with Crippen molar-refractivity contribution in [2.24, 2.45) is 0 Å². The Bertz CT molecular complexity index is 823. The smallest absolute Gasteiger partial charge is 0.226 e. The normalized spacial score (nSPS) is 10.5. The van der Waals surface area contributed by atoms with Gasteiger partial charge in [0.1, 0.15) is 5.52 Å². The van der Waals surface area contributed by atoms with Crippen molar-refractivity contribution in [2.75, 3.05) is 17.2 Å². The van der Waals surface area contributed by atoms with Gasteiger partial charge in [-0.2, -0.15) is 0 Å². The lowest BCUT2D eigenvalue weighted by Gasteiger charge is -2.09. The number of anilines is 2. The number of pyridine rings is 2. The van der Waals surface area contributed by atoms with E-state index < -0.39 is 0 Å². The summed E-state index contributed by atoms with van der Waals surface area (Å²) in [6.07, 6.45) is 3.83. The number of fused-ring (bicyclic) bond motifs is 1. The number of halogens is 1. The summed E-state index contributed by atoms with van der Waals surface area (Å²) in [4.78, 5) is 20.6. The summed E-state index contributed by atoms with van der Waals surface area (Å²) < 4.78 is 0.886. The lowest BCUT2D eigenvalue weighted by atomic mass is 10.2. The van der Waals surface area contributed by atoms with Crippen molar-refractivity contribution in [1.29, 1.82) is 0 Å². The van der Waals surface area contributed by atoms with Crippen LogP contribution in [0.4, 0.5) is 11.4 Å². The molecule has 0 radical (unpaired) electrons. The molecule has 0 saturated carbocycles. The van der Waals surface area contributed by atoms with Crippen LogP contribution in [0, 0.1) is 0 Å². The van der Waals surface area contributed by atoms with Crippen molar-refractivity contribution < 1.29 is 4.79 Å². The first-order valence-corrected chi connectivity index (χ1v) is 8.01. The monoisotopic (exact) mass is 370 g/mol. The molecule has 2 aromatic heterocycles. The number of hydrogen-bond acceptors (Lipinski definition) is 4. The molecule has 0 bridgehead atoms. The van der Waals surface area contributed by atoms with Gasteiger partial charge in [0, 0.05) is 35.5 Å². The van der Waals surface area contributed by atoms with E-state index in [4.69, 9.17) is 0 Å². The number of hydrogen-bond donors (Lipinski definition) is 2. The van der Waals surface area contributed by atoms with E-state index in [0.717, 1.165) is 26.9 Å². The summed E-state index contributed by atoms with van der Waals surface area (Å²) >= 11 is 3.38. The lowest BCUT2D eigenvalue weighted by molar-refractivity contribution is -0.115. The fourth-order valence-corrected chi connectivity index (χ4v) is 2.52. The van der Waals surface area contributed by atoms with Crippen molar-refractivity contribution in [3.8, 4) is 0 Å². The summed E-state index contributed by atoms with van der Waals surface area (Å²) in [5.74, 6) is -0.0298. The first-order valence-electron chi connectivity index (χ1n) is 7.21. The third-order valence-electron chi connectivity index (χ3n) is 3.27. The average Bonchev–Trinajstić information content (AvgIpc) is 2.55. The van der Waals surface area contributed by atoms with E-state index in [2.05, 4.69) is 36.5 Å². The molecule has 2 heterocycles. The molecule has 2 N–H and O–H groups in total. The third-order valence-corrected chi connectivity index (χ3v) is 3.70. The maximum Gasteiger partial charge on any atom is 0.226 e. The molecule has 0 saturated heterocycles. The van der Waals surface area contributed by atoms with Crippen LogP contribution in [0.1, 0.15) is 6.42 Å². The Balaban J connectivity index is 1.59. The zero-order valence-electron chi connectivity index (χ0n) is 12.3. The number of nitrogens with one attached hydrogen (secondary N) is 2. The summed E-state index contributed by atoms with van der Waals surface area (Å²) in [5.41, 5.74) is 3.27. The molecular weight excluding hydrogens is 356 g/mol. The SMILES string of the molecule is O=C(CCNc1ccnc2cc(Br)cnc12)Nc1ccccc1. The molecular formula is C17H15BrN4O. The quantitative estimate of drug-likeness (QED) is 0.715. The van der Waals surface area contributed by atoms with Gasteiger partial charge in [0.05, 0.1) is 11.2 Å². The van der Waals surface area contributed by atoms with E-state index in [1.54, 1.807) is 12.4 Å². The molecule has 0 atom stereocenters. The summed E-state index contributed by atoms with van der Waals surface area (Å²) in [6, 6.07) is 13.2. The van der Waals surface area contributed by atoms with E-state index in [-0.39, 0.29) is 5.91 Å². The Morgan fingerprint density at radius 3 is 2.78 bits per heavy atom. The zero-order valence-corrected chi connectivity index (χ0v) is 13.9. The van der Waals surface area contributed by atoms with E-state index in [9.17, 15) is 4.79 Å². The number of carbonyl (C=O) groups is 1. The van der Waals surface area contributed by atoms with Gasteiger partial charge in [-0.1, -0.05) is 18.2 Å². The summed E-state index contributed by atoms with van der Waals surface area (Å²) in [7, 11) is 0. The summed E-state index contributed by atoms with van der Waals surface area (Å²) in [5, 5.41) is 6.10. The van der Waals surface area contributed by atoms with Gasteiger partial charge in [-0.25, -0.2) is 0 Å². The molecule has 1 amide bonds. The van der Waals surface area contributed by atoms with E-state index in [1.165, 1.54) is 0 Å². The number of rotatable bonds is 5. The Morgan fingerprint density at radius 1 is 1.13 bits per heavy atom. The maximum absolute atomic E-state index is 11.9. The molecule has 23 heavy (non-hydrogen) atoms. The minimum Gasteiger partial charge on any atom is -0.383 e. The topological polar surface area (TPSA) is 66.9 Å². The number of carbonyl (C=O) groups excluding carboxylic acids is 1. The number of benzene rings is 1. The van der Waals surface area contributed by atoms with Crippen LogP contribution in [0.2, 0.25) is 0 Å². The lowest BCUT2D eigenvalue weighted by Crippen LogP contribution is -2.16. The molecule has 0 fully saturated rings. The molecule has 0 spiro atoms. The fourth-order valence-electron chi connectivity index (χ4n) is 2.20. The standard InChI is InChI=1S/C17H15BrN4O/c18-12-10-15-17(21-11-12)14(6-8-20-15)19-9-7-16(23)22-13-4-2-1-3-5-13/h1-6,8,10-11H,7,9H2,(H,19,20)(H,22,23). The zero-order chi connectivity index (χ0) is 16.1. The Labute approximate surface area is 142 Å². The highest BCUT2D eigenvalue weighted by Crippen LogP contribution is 2.21. The van der Waals surface area contributed by atoms with E-state index in [1.807, 2.05) is 42.5 Å². The average molecular weight is 371 g/mol. The predicted molar refractivity (Wildman–Crippen MR) is 95.4 cm³/mol. The number of nitrogens with zero attached hydrogens (tertiary/aromatic N) is 2. The highest BCUT2D eigenvalue weighted by molar-refractivity contribution is 9.10. The Kier molecular flexibility index (Phi) is 4.83. The largest absolute Gasteiger partial charge is 0.383 e. The van der Waals surface area contributed by atoms with Gasteiger partial charge in [0.15, 0.2) is 0 Å². The molecule has 1 aromatic carbocycles. The molecule has 0 aliphatic carbocycles. The van der Waals surface area contributed by atoms with Crippen LogP contribution >= 0.6 is 15.9 Å². The fraction of sp³-hybridized carbons (Fsp3) is 0.118.